The molecular weight excluding hydrogens is 414 g/mol. The van der Waals surface area contributed by atoms with Gasteiger partial charge >= 0.3 is 0 Å². The summed E-state index contributed by atoms with van der Waals surface area (Å²) in [5.74, 6) is 2.84. The molecule has 0 saturated heterocycles. The van der Waals surface area contributed by atoms with Crippen LogP contribution in [0.3, 0.4) is 0 Å². The summed E-state index contributed by atoms with van der Waals surface area (Å²) in [4.78, 5) is 7.68. The molecule has 3 aromatic heterocycles. The van der Waals surface area contributed by atoms with Crippen LogP contribution in [0.25, 0.3) is 22.4 Å². The van der Waals surface area contributed by atoms with Crippen LogP contribution in [0.5, 0.6) is 11.5 Å². The third kappa shape index (κ3) is 3.94. The Morgan fingerprint density at radius 3 is 2.91 bits per heavy atom. The molecule has 7 nitrogen and oxygen atoms in total. The van der Waals surface area contributed by atoms with Crippen LogP contribution in [0.2, 0.25) is 0 Å². The standard InChI is InChI=1S/C26H23N5O2/c1-2-4-17(5-3-1)14-29-24-13-23(33-31-24)21-16-30-26-25(21)22(9-11-28-26)32-20-7-6-18-8-10-27-15-19(18)12-20/h1-7,9,11-13,16,27H,8,10,14-15H2,(H,28,30)(H,29,31). The lowest BCUT2D eigenvalue weighted by Crippen LogP contribution is -2.23. The van der Waals surface area contributed by atoms with E-state index in [1.54, 1.807) is 6.20 Å². The number of hydrogen-bond donors (Lipinski definition) is 3. The highest BCUT2D eigenvalue weighted by atomic mass is 16.5. The molecule has 0 unspecified atom stereocenters. The average molecular weight is 438 g/mol. The Morgan fingerprint density at radius 1 is 1.03 bits per heavy atom. The first-order valence-electron chi connectivity index (χ1n) is 11.0. The summed E-state index contributed by atoms with van der Waals surface area (Å²) < 4.78 is 12.0. The quantitative estimate of drug-likeness (QED) is 0.336. The molecule has 2 aromatic carbocycles. The molecule has 0 saturated carbocycles. The van der Waals surface area contributed by atoms with Gasteiger partial charge in [-0.25, -0.2) is 4.98 Å². The number of aromatic amines is 1. The van der Waals surface area contributed by atoms with Gasteiger partial charge in [-0.1, -0.05) is 41.6 Å². The Morgan fingerprint density at radius 2 is 1.97 bits per heavy atom. The van der Waals surface area contributed by atoms with E-state index in [4.69, 9.17) is 9.26 Å². The second kappa shape index (κ2) is 8.44. The van der Waals surface area contributed by atoms with Gasteiger partial charge < -0.3 is 24.9 Å². The molecule has 0 spiro atoms. The van der Waals surface area contributed by atoms with Gasteiger partial charge in [0.1, 0.15) is 17.1 Å². The fourth-order valence-corrected chi connectivity index (χ4v) is 4.23. The SMILES string of the molecule is c1ccc(CNc2cc(-c3c[nH]c4nccc(Oc5ccc6c(c5)CNCC6)c34)on2)cc1. The smallest absolute Gasteiger partial charge is 0.171 e. The fraction of sp³-hybridized carbons (Fsp3) is 0.154. The van der Waals surface area contributed by atoms with Gasteiger partial charge in [0, 0.05) is 31.5 Å². The van der Waals surface area contributed by atoms with E-state index in [0.29, 0.717) is 18.1 Å². The molecule has 164 valence electrons. The van der Waals surface area contributed by atoms with E-state index in [1.165, 1.54) is 16.7 Å². The number of benzene rings is 2. The van der Waals surface area contributed by atoms with E-state index < -0.39 is 0 Å². The van der Waals surface area contributed by atoms with E-state index in [-0.39, 0.29) is 0 Å². The minimum absolute atomic E-state index is 0.643. The van der Waals surface area contributed by atoms with Gasteiger partial charge in [-0.05, 0) is 47.9 Å². The van der Waals surface area contributed by atoms with Crippen molar-refractivity contribution in [1.82, 2.24) is 20.4 Å². The predicted molar refractivity (Wildman–Crippen MR) is 127 cm³/mol. The molecule has 0 fully saturated rings. The number of hydrogen-bond acceptors (Lipinski definition) is 6. The highest BCUT2D eigenvalue weighted by molar-refractivity contribution is 5.97. The molecule has 0 atom stereocenters. The van der Waals surface area contributed by atoms with Crippen molar-refractivity contribution in [3.05, 3.63) is 89.7 Å². The highest BCUT2D eigenvalue weighted by Crippen LogP contribution is 2.37. The summed E-state index contributed by atoms with van der Waals surface area (Å²) in [6.07, 6.45) is 4.66. The second-order valence-electron chi connectivity index (χ2n) is 8.11. The van der Waals surface area contributed by atoms with Crippen LogP contribution in [0.4, 0.5) is 5.82 Å². The Bertz CT molecular complexity index is 1410. The van der Waals surface area contributed by atoms with Crippen molar-refractivity contribution in [3.8, 4) is 22.8 Å². The van der Waals surface area contributed by atoms with Gasteiger partial charge in [0.2, 0.25) is 0 Å². The molecule has 7 heteroatoms. The highest BCUT2D eigenvalue weighted by Gasteiger charge is 2.18. The molecule has 0 aliphatic carbocycles. The topological polar surface area (TPSA) is 88.0 Å². The average Bonchev–Trinajstić information content (AvgIpc) is 3.51. The first-order valence-corrected chi connectivity index (χ1v) is 11.0. The van der Waals surface area contributed by atoms with Crippen LogP contribution in [-0.4, -0.2) is 21.7 Å². The van der Waals surface area contributed by atoms with Crippen LogP contribution >= 0.6 is 0 Å². The lowest BCUT2D eigenvalue weighted by atomic mass is 10.0. The first kappa shape index (κ1) is 19.6. The number of pyridine rings is 1. The van der Waals surface area contributed by atoms with Crippen molar-refractivity contribution >= 4 is 16.9 Å². The Hall–Kier alpha value is -4.10. The maximum absolute atomic E-state index is 6.32. The maximum atomic E-state index is 6.32. The Labute approximate surface area is 190 Å². The number of ether oxygens (including phenoxy) is 1. The zero-order chi connectivity index (χ0) is 22.0. The summed E-state index contributed by atoms with van der Waals surface area (Å²) >= 11 is 0. The van der Waals surface area contributed by atoms with Crippen LogP contribution in [0.1, 0.15) is 16.7 Å². The van der Waals surface area contributed by atoms with Crippen LogP contribution in [-0.2, 0) is 19.5 Å². The fourth-order valence-electron chi connectivity index (χ4n) is 4.23. The van der Waals surface area contributed by atoms with E-state index in [0.717, 1.165) is 47.6 Å². The zero-order valence-corrected chi connectivity index (χ0v) is 18.0. The first-order chi connectivity index (χ1) is 16.3. The number of nitrogens with one attached hydrogen (secondary N) is 3. The van der Waals surface area contributed by atoms with Gasteiger partial charge in [0.05, 0.1) is 10.9 Å². The van der Waals surface area contributed by atoms with Crippen molar-refractivity contribution in [3.63, 3.8) is 0 Å². The summed E-state index contributed by atoms with van der Waals surface area (Å²) in [5, 5.41) is 11.8. The van der Waals surface area contributed by atoms with Crippen molar-refractivity contribution in [2.24, 2.45) is 0 Å². The minimum atomic E-state index is 0.643. The van der Waals surface area contributed by atoms with Gasteiger partial charge in [-0.2, -0.15) is 0 Å². The largest absolute Gasteiger partial charge is 0.457 e. The maximum Gasteiger partial charge on any atom is 0.171 e. The second-order valence-corrected chi connectivity index (χ2v) is 8.11. The van der Waals surface area contributed by atoms with E-state index in [9.17, 15) is 0 Å². The molecule has 5 aromatic rings. The summed E-state index contributed by atoms with van der Waals surface area (Å²) in [7, 11) is 0. The van der Waals surface area contributed by atoms with Crippen LogP contribution < -0.4 is 15.4 Å². The zero-order valence-electron chi connectivity index (χ0n) is 18.0. The number of anilines is 1. The van der Waals surface area contributed by atoms with Crippen molar-refractivity contribution in [1.29, 1.82) is 0 Å². The molecule has 3 N–H and O–H groups in total. The number of H-pyrrole nitrogens is 1. The monoisotopic (exact) mass is 437 g/mol. The number of aromatic nitrogens is 3. The summed E-state index contributed by atoms with van der Waals surface area (Å²) in [6.45, 7) is 2.55. The Balaban J connectivity index is 1.28. The number of fused-ring (bicyclic) bond motifs is 2. The normalized spacial score (nSPS) is 13.1. The lowest BCUT2D eigenvalue weighted by Gasteiger charge is -2.18. The number of nitrogens with zero attached hydrogens (tertiary/aromatic N) is 2. The van der Waals surface area contributed by atoms with Crippen molar-refractivity contribution in [2.45, 2.75) is 19.5 Å². The van der Waals surface area contributed by atoms with E-state index in [1.807, 2.05) is 42.6 Å². The summed E-state index contributed by atoms with van der Waals surface area (Å²) in [5.41, 5.74) is 5.42. The molecule has 0 bridgehead atoms. The van der Waals surface area contributed by atoms with Gasteiger partial charge in [0.25, 0.3) is 0 Å². The van der Waals surface area contributed by atoms with Crippen molar-refractivity contribution < 1.29 is 9.26 Å². The van der Waals surface area contributed by atoms with E-state index in [2.05, 4.69) is 50.0 Å². The van der Waals surface area contributed by atoms with Gasteiger partial charge in [-0.15, -0.1) is 0 Å². The molecule has 1 aliphatic rings. The van der Waals surface area contributed by atoms with Crippen molar-refractivity contribution in [2.75, 3.05) is 11.9 Å². The number of rotatable bonds is 6. The van der Waals surface area contributed by atoms with Crippen LogP contribution in [0, 0.1) is 0 Å². The molecule has 33 heavy (non-hydrogen) atoms. The Kier molecular flexibility index (Phi) is 5.01. The molecule has 0 radical (unpaired) electrons. The third-order valence-electron chi connectivity index (χ3n) is 5.92. The predicted octanol–water partition coefficient (Wildman–Crippen LogP) is 5.27. The lowest BCUT2D eigenvalue weighted by molar-refractivity contribution is 0.435. The van der Waals surface area contributed by atoms with E-state index >= 15 is 0 Å². The van der Waals surface area contributed by atoms with Crippen LogP contribution in [0.15, 0.2) is 77.6 Å². The molecule has 4 heterocycles. The van der Waals surface area contributed by atoms with Gasteiger partial charge in [-0.3, -0.25) is 0 Å². The molecule has 6 rings (SSSR count). The van der Waals surface area contributed by atoms with Gasteiger partial charge in [0.15, 0.2) is 11.6 Å². The molecule has 0 amide bonds. The molecular formula is C26H23N5O2. The summed E-state index contributed by atoms with van der Waals surface area (Å²) in [6, 6.07) is 20.2. The third-order valence-corrected chi connectivity index (χ3v) is 5.92. The minimum Gasteiger partial charge on any atom is -0.457 e. The molecule has 1 aliphatic heterocycles.